The summed E-state index contributed by atoms with van der Waals surface area (Å²) in [6, 6.07) is 2.07. The Labute approximate surface area is 218 Å². The summed E-state index contributed by atoms with van der Waals surface area (Å²) in [6.45, 7) is 13.8. The van der Waals surface area contributed by atoms with Crippen LogP contribution in [0.25, 0.3) is 0 Å². The number of hydrogen-bond donors (Lipinski definition) is 3. The highest BCUT2D eigenvalue weighted by Crippen LogP contribution is 2.40. The van der Waals surface area contributed by atoms with E-state index in [0.717, 1.165) is 16.2 Å². The quantitative estimate of drug-likeness (QED) is 0.446. The first kappa shape index (κ1) is 27.8. The van der Waals surface area contributed by atoms with Crippen molar-refractivity contribution in [2.45, 2.75) is 70.2 Å². The van der Waals surface area contributed by atoms with Crippen molar-refractivity contribution in [3.63, 3.8) is 0 Å². The number of aromatic hydroxyl groups is 1. The molecular weight excluding hydrogens is 527 g/mol. The molecule has 9 nitrogen and oxygen atoms in total. The molecule has 0 aromatic carbocycles. The first-order valence-electron chi connectivity index (χ1n) is 11.1. The monoisotopic (exact) mass is 559 g/mol. The smallest absolute Gasteiger partial charge is 0.269 e. The van der Waals surface area contributed by atoms with Gasteiger partial charge in [-0.2, -0.15) is 4.31 Å². The number of sulfonamides is 1. The van der Waals surface area contributed by atoms with E-state index < -0.39 is 32.5 Å². The van der Waals surface area contributed by atoms with Crippen LogP contribution < -0.4 is 10.6 Å². The average Bonchev–Trinajstić information content (AvgIpc) is 3.44. The topological polar surface area (TPSA) is 123 Å². The van der Waals surface area contributed by atoms with Crippen LogP contribution >= 0.6 is 22.7 Å². The standard InChI is InChI=1S/C22H33N5O4S4/c1-12(2)14-9-16(32-10-14)17(13(3)4)24-20-19(25-34(29)26-20)23-15-11-33-21(18(15)28)35(30,31)27(8)22(5,6)7/h9-13,17,28H,1-8H3,(H,23,25)(H,24,26)/t17-,34?/m1/s1. The molecule has 1 unspecified atom stereocenters. The molecule has 2 aromatic heterocycles. The lowest BCUT2D eigenvalue weighted by atomic mass is 10.00. The fourth-order valence-corrected chi connectivity index (χ4v) is 8.03. The fraction of sp³-hybridized carbons (Fsp3) is 0.545. The third kappa shape index (κ3) is 5.96. The second-order valence-electron chi connectivity index (χ2n) is 9.97. The third-order valence-corrected chi connectivity index (χ3v) is 11.0. The van der Waals surface area contributed by atoms with Gasteiger partial charge in [0.15, 0.2) is 21.6 Å². The van der Waals surface area contributed by atoms with E-state index in [4.69, 9.17) is 0 Å². The molecular formula is C22H33N5O4S4. The molecule has 194 valence electrons. The van der Waals surface area contributed by atoms with Crippen molar-refractivity contribution in [3.05, 3.63) is 27.3 Å². The molecule has 0 fully saturated rings. The minimum atomic E-state index is -3.92. The number of hydrogen-bond acceptors (Lipinski definition) is 8. The molecule has 3 rings (SSSR count). The van der Waals surface area contributed by atoms with Gasteiger partial charge in [-0.3, -0.25) is 0 Å². The Kier molecular flexibility index (Phi) is 8.17. The molecule has 35 heavy (non-hydrogen) atoms. The van der Waals surface area contributed by atoms with Gasteiger partial charge in [-0.05, 0) is 49.6 Å². The van der Waals surface area contributed by atoms with Crippen molar-refractivity contribution in [2.24, 2.45) is 14.7 Å². The van der Waals surface area contributed by atoms with Gasteiger partial charge >= 0.3 is 0 Å². The molecule has 2 atom stereocenters. The van der Waals surface area contributed by atoms with E-state index in [-0.39, 0.29) is 27.7 Å². The first-order valence-corrected chi connectivity index (χ1v) is 15.4. The third-order valence-electron chi connectivity index (χ3n) is 5.66. The average molecular weight is 560 g/mol. The van der Waals surface area contributed by atoms with Gasteiger partial charge < -0.3 is 15.7 Å². The maximum atomic E-state index is 13.0. The predicted molar refractivity (Wildman–Crippen MR) is 146 cm³/mol. The molecule has 1 aliphatic heterocycles. The minimum absolute atomic E-state index is 0.0965. The van der Waals surface area contributed by atoms with Gasteiger partial charge in [0, 0.05) is 22.8 Å². The van der Waals surface area contributed by atoms with Crippen LogP contribution in [0.2, 0.25) is 0 Å². The van der Waals surface area contributed by atoms with E-state index >= 15 is 0 Å². The summed E-state index contributed by atoms with van der Waals surface area (Å²) in [5, 5.41) is 20.7. The molecule has 0 spiro atoms. The van der Waals surface area contributed by atoms with Gasteiger partial charge in [0.05, 0.1) is 11.7 Å². The fourth-order valence-electron chi connectivity index (χ4n) is 3.21. The van der Waals surface area contributed by atoms with Gasteiger partial charge in [0.1, 0.15) is 0 Å². The van der Waals surface area contributed by atoms with Crippen molar-refractivity contribution < 1.29 is 17.7 Å². The van der Waals surface area contributed by atoms with Crippen molar-refractivity contribution in [1.29, 1.82) is 0 Å². The molecule has 2 aromatic rings. The van der Waals surface area contributed by atoms with Crippen LogP contribution in [0.5, 0.6) is 5.75 Å². The Morgan fingerprint density at radius 1 is 1.09 bits per heavy atom. The number of anilines is 1. The zero-order valence-corrected chi connectivity index (χ0v) is 24.4. The van der Waals surface area contributed by atoms with E-state index in [9.17, 15) is 17.7 Å². The first-order chi connectivity index (χ1) is 16.1. The normalized spacial score (nSPS) is 17.7. The van der Waals surface area contributed by atoms with E-state index in [1.54, 1.807) is 32.1 Å². The van der Waals surface area contributed by atoms with Crippen LogP contribution in [-0.4, -0.2) is 46.3 Å². The minimum Gasteiger partial charge on any atom is -0.504 e. The number of nitrogens with zero attached hydrogens (tertiary/aromatic N) is 3. The summed E-state index contributed by atoms with van der Waals surface area (Å²) in [4.78, 5) is 1.13. The lowest BCUT2D eigenvalue weighted by Gasteiger charge is -2.30. The van der Waals surface area contributed by atoms with Crippen molar-refractivity contribution >= 4 is 61.2 Å². The highest BCUT2D eigenvalue weighted by atomic mass is 32.2. The highest BCUT2D eigenvalue weighted by molar-refractivity contribution is 7.91. The Bertz CT molecular complexity index is 1270. The molecule has 3 N–H and O–H groups in total. The molecule has 0 aliphatic carbocycles. The van der Waals surface area contributed by atoms with Crippen molar-refractivity contribution in [2.75, 3.05) is 12.4 Å². The van der Waals surface area contributed by atoms with E-state index in [1.807, 2.05) is 0 Å². The summed E-state index contributed by atoms with van der Waals surface area (Å²) in [6.07, 6.45) is 0. The zero-order chi connectivity index (χ0) is 26.3. The van der Waals surface area contributed by atoms with E-state index in [2.05, 4.69) is 58.6 Å². The molecule has 0 saturated carbocycles. The summed E-state index contributed by atoms with van der Waals surface area (Å²) < 4.78 is 47.4. The second-order valence-corrected chi connectivity index (χ2v) is 14.8. The molecule has 0 bridgehead atoms. The summed E-state index contributed by atoms with van der Waals surface area (Å²) in [5.74, 6) is 0.670. The number of rotatable bonds is 7. The second kappa shape index (κ2) is 10.3. The Morgan fingerprint density at radius 3 is 2.26 bits per heavy atom. The summed E-state index contributed by atoms with van der Waals surface area (Å²) in [5.41, 5.74) is 0.739. The lowest BCUT2D eigenvalue weighted by Crippen LogP contribution is -2.42. The molecule has 0 saturated heterocycles. The van der Waals surface area contributed by atoms with E-state index in [0.29, 0.717) is 11.8 Å². The van der Waals surface area contributed by atoms with Gasteiger partial charge in [-0.1, -0.05) is 27.7 Å². The Morgan fingerprint density at radius 2 is 1.71 bits per heavy atom. The number of amidine groups is 2. The Balaban J connectivity index is 1.85. The van der Waals surface area contributed by atoms with Gasteiger partial charge in [0.25, 0.3) is 21.2 Å². The maximum absolute atomic E-state index is 13.0. The molecule has 3 heterocycles. The highest BCUT2D eigenvalue weighted by Gasteiger charge is 2.35. The Hall–Kier alpha value is -1.80. The van der Waals surface area contributed by atoms with Crippen molar-refractivity contribution in [1.82, 2.24) is 9.62 Å². The predicted octanol–water partition coefficient (Wildman–Crippen LogP) is 4.85. The SMILES string of the molecule is CC(C)c1csc([C@H](NC2=NS(=O)N=C2Nc2csc(S(=O)(=O)N(C)C(C)(C)C)c2O)C(C)C)c1. The van der Waals surface area contributed by atoms with Crippen LogP contribution in [0.15, 0.2) is 29.8 Å². The molecule has 0 amide bonds. The van der Waals surface area contributed by atoms with Gasteiger partial charge in [0.2, 0.25) is 0 Å². The van der Waals surface area contributed by atoms with Crippen LogP contribution in [0.4, 0.5) is 5.69 Å². The van der Waals surface area contributed by atoms with Crippen molar-refractivity contribution in [3.8, 4) is 5.75 Å². The lowest BCUT2D eigenvalue weighted by molar-refractivity contribution is 0.291. The largest absolute Gasteiger partial charge is 0.504 e. The molecule has 13 heteroatoms. The molecule has 0 radical (unpaired) electrons. The number of nitrogens with one attached hydrogen (secondary N) is 2. The van der Waals surface area contributed by atoms with Gasteiger partial charge in [-0.25, -0.2) is 12.6 Å². The zero-order valence-electron chi connectivity index (χ0n) is 21.1. The van der Waals surface area contributed by atoms with Gasteiger partial charge in [-0.15, -0.1) is 31.5 Å². The van der Waals surface area contributed by atoms with E-state index in [1.165, 1.54) is 22.3 Å². The molecule has 1 aliphatic rings. The summed E-state index contributed by atoms with van der Waals surface area (Å²) in [7, 11) is -2.44. The number of thiophene rings is 2. The maximum Gasteiger partial charge on any atom is 0.269 e. The van der Waals surface area contributed by atoms with Crippen LogP contribution in [-0.2, 0) is 21.2 Å². The van der Waals surface area contributed by atoms with Crippen LogP contribution in [0, 0.1) is 5.92 Å². The summed E-state index contributed by atoms with van der Waals surface area (Å²) >= 11 is 0.725. The van der Waals surface area contributed by atoms with Crippen LogP contribution in [0.1, 0.15) is 70.9 Å². The van der Waals surface area contributed by atoms with Crippen LogP contribution in [0.3, 0.4) is 0 Å².